The van der Waals surface area contributed by atoms with Gasteiger partial charge in [-0.2, -0.15) is 0 Å². The van der Waals surface area contributed by atoms with Crippen molar-refractivity contribution >= 4 is 28.7 Å². The molecule has 0 saturated carbocycles. The zero-order valence-electron chi connectivity index (χ0n) is 13.6. The first-order valence-corrected chi connectivity index (χ1v) is 8.75. The van der Waals surface area contributed by atoms with Crippen molar-refractivity contribution in [3.63, 3.8) is 0 Å². The first-order valence-electron chi connectivity index (χ1n) is 7.77. The Morgan fingerprint density at radius 2 is 1.83 bits per heavy atom. The molecule has 126 valence electrons. The summed E-state index contributed by atoms with van der Waals surface area (Å²) in [5, 5.41) is 5.15. The van der Waals surface area contributed by atoms with Crippen LogP contribution in [0, 0.1) is 5.92 Å². The van der Waals surface area contributed by atoms with Crippen LogP contribution in [-0.4, -0.2) is 35.8 Å². The highest BCUT2D eigenvalue weighted by molar-refractivity contribution is 8.14. The van der Waals surface area contributed by atoms with E-state index in [2.05, 4.69) is 10.6 Å². The highest BCUT2D eigenvalue weighted by Crippen LogP contribution is 2.03. The molecule has 0 aliphatic carbocycles. The molecule has 0 aromatic heterocycles. The third kappa shape index (κ3) is 8.40. The Morgan fingerprint density at radius 1 is 1.13 bits per heavy atom. The lowest BCUT2D eigenvalue weighted by atomic mass is 10.1. The normalized spacial score (nSPS) is 11.6. The molecule has 1 rings (SSSR count). The van der Waals surface area contributed by atoms with Crippen LogP contribution in [0.2, 0.25) is 0 Å². The zero-order chi connectivity index (χ0) is 17.1. The minimum atomic E-state index is -0.208. The third-order valence-corrected chi connectivity index (χ3v) is 4.28. The van der Waals surface area contributed by atoms with Gasteiger partial charge in [-0.1, -0.05) is 55.9 Å². The molecule has 0 bridgehead atoms. The first kappa shape index (κ1) is 19.2. The number of carbonyl (C=O) groups excluding carboxylic acids is 3. The van der Waals surface area contributed by atoms with Gasteiger partial charge in [-0.15, -0.1) is 0 Å². The fraction of sp³-hybridized carbons (Fsp3) is 0.471. The minimum absolute atomic E-state index is 0.0366. The summed E-state index contributed by atoms with van der Waals surface area (Å²) in [5.74, 6) is -0.331. The predicted octanol–water partition coefficient (Wildman–Crippen LogP) is 1.77. The van der Waals surface area contributed by atoms with Gasteiger partial charge < -0.3 is 10.6 Å². The van der Waals surface area contributed by atoms with E-state index in [4.69, 9.17) is 0 Å². The van der Waals surface area contributed by atoms with Crippen molar-refractivity contribution in [2.24, 2.45) is 5.92 Å². The molecule has 0 aliphatic rings. The Morgan fingerprint density at radius 3 is 2.48 bits per heavy atom. The second kappa shape index (κ2) is 10.8. The van der Waals surface area contributed by atoms with Crippen LogP contribution >= 0.6 is 11.8 Å². The number of thioether (sulfide) groups is 1. The maximum Gasteiger partial charge on any atom is 0.230 e. The molecule has 0 unspecified atom stereocenters. The van der Waals surface area contributed by atoms with Crippen molar-refractivity contribution in [3.8, 4) is 0 Å². The molecule has 0 heterocycles. The topological polar surface area (TPSA) is 75.3 Å². The van der Waals surface area contributed by atoms with Crippen LogP contribution in [0.3, 0.4) is 0 Å². The molecule has 2 N–H and O–H groups in total. The molecule has 0 fully saturated rings. The quantitative estimate of drug-likeness (QED) is 0.721. The number of hydrogen-bond donors (Lipinski definition) is 2. The summed E-state index contributed by atoms with van der Waals surface area (Å²) in [4.78, 5) is 34.8. The van der Waals surface area contributed by atoms with Crippen LogP contribution in [0.15, 0.2) is 30.3 Å². The van der Waals surface area contributed by atoms with Crippen LogP contribution in [0.1, 0.15) is 25.8 Å². The van der Waals surface area contributed by atoms with Crippen molar-refractivity contribution in [1.29, 1.82) is 0 Å². The summed E-state index contributed by atoms with van der Waals surface area (Å²) >= 11 is 0.926. The Bertz CT molecular complexity index is 520. The number of nitrogens with one attached hydrogen (secondary N) is 2. The maximum absolute atomic E-state index is 11.7. The van der Waals surface area contributed by atoms with Crippen LogP contribution in [0.5, 0.6) is 0 Å². The lowest BCUT2D eigenvalue weighted by molar-refractivity contribution is -0.126. The molecule has 0 saturated heterocycles. The van der Waals surface area contributed by atoms with E-state index in [0.717, 1.165) is 30.2 Å². The average molecular weight is 336 g/mol. The van der Waals surface area contributed by atoms with Gasteiger partial charge in [0.25, 0.3) is 0 Å². The Kier molecular flexibility index (Phi) is 9.05. The number of benzene rings is 1. The third-order valence-electron chi connectivity index (χ3n) is 3.41. The monoisotopic (exact) mass is 336 g/mol. The van der Waals surface area contributed by atoms with Crippen LogP contribution in [-0.2, 0) is 20.8 Å². The summed E-state index contributed by atoms with van der Waals surface area (Å²) in [6, 6.07) is 9.87. The first-order chi connectivity index (χ1) is 11.0. The highest BCUT2D eigenvalue weighted by Gasteiger charge is 2.12. The lowest BCUT2D eigenvalue weighted by Gasteiger charge is -2.09. The van der Waals surface area contributed by atoms with E-state index < -0.39 is 0 Å². The van der Waals surface area contributed by atoms with Crippen molar-refractivity contribution in [2.45, 2.75) is 26.7 Å². The van der Waals surface area contributed by atoms with Crippen LogP contribution in [0.4, 0.5) is 0 Å². The summed E-state index contributed by atoms with van der Waals surface area (Å²) in [7, 11) is 0. The van der Waals surface area contributed by atoms with Gasteiger partial charge in [0.05, 0.1) is 12.3 Å². The largest absolute Gasteiger partial charge is 0.355 e. The number of amides is 2. The fourth-order valence-electron chi connectivity index (χ4n) is 1.76. The van der Waals surface area contributed by atoms with Crippen molar-refractivity contribution in [3.05, 3.63) is 35.9 Å². The van der Waals surface area contributed by atoms with Gasteiger partial charge in [-0.3, -0.25) is 14.4 Å². The Hall–Kier alpha value is -1.82. The number of rotatable bonds is 9. The second-order valence-electron chi connectivity index (χ2n) is 5.27. The molecule has 0 spiro atoms. The average Bonchev–Trinajstić information content (AvgIpc) is 2.58. The molecule has 5 nitrogen and oxygen atoms in total. The van der Waals surface area contributed by atoms with E-state index in [0.29, 0.717) is 6.54 Å². The summed E-state index contributed by atoms with van der Waals surface area (Å²) < 4.78 is 0. The van der Waals surface area contributed by atoms with E-state index >= 15 is 0 Å². The summed E-state index contributed by atoms with van der Waals surface area (Å²) in [5.41, 5.74) is 1.16. The minimum Gasteiger partial charge on any atom is -0.355 e. The van der Waals surface area contributed by atoms with E-state index in [1.165, 1.54) is 0 Å². The molecule has 23 heavy (non-hydrogen) atoms. The van der Waals surface area contributed by atoms with Crippen LogP contribution in [0.25, 0.3) is 0 Å². The van der Waals surface area contributed by atoms with Crippen LogP contribution < -0.4 is 10.6 Å². The summed E-state index contributed by atoms with van der Waals surface area (Å²) in [6.45, 7) is 4.24. The van der Waals surface area contributed by atoms with E-state index in [1.54, 1.807) is 0 Å². The van der Waals surface area contributed by atoms with Gasteiger partial charge in [0.2, 0.25) is 16.9 Å². The van der Waals surface area contributed by atoms with Gasteiger partial charge in [0.1, 0.15) is 0 Å². The Balaban J connectivity index is 2.13. The molecular formula is C17H24N2O3S. The smallest absolute Gasteiger partial charge is 0.230 e. The molecule has 0 radical (unpaired) electrons. The fourth-order valence-corrected chi connectivity index (χ4v) is 2.33. The van der Waals surface area contributed by atoms with E-state index in [-0.39, 0.29) is 35.1 Å². The number of carbonyl (C=O) groups is 3. The SMILES string of the molecule is CC[C@H](C)C(=O)NCC(=O)SCC(=O)NCCc1ccccc1. The van der Waals surface area contributed by atoms with E-state index in [1.807, 2.05) is 44.2 Å². The maximum atomic E-state index is 11.7. The van der Waals surface area contributed by atoms with Crippen molar-refractivity contribution in [1.82, 2.24) is 10.6 Å². The molecule has 1 atom stereocenters. The van der Waals surface area contributed by atoms with Crippen molar-refractivity contribution < 1.29 is 14.4 Å². The molecular weight excluding hydrogens is 312 g/mol. The van der Waals surface area contributed by atoms with Gasteiger partial charge in [-0.05, 0) is 18.4 Å². The van der Waals surface area contributed by atoms with E-state index in [9.17, 15) is 14.4 Å². The standard InChI is InChI=1S/C17H24N2O3S/c1-3-13(2)17(22)19-11-16(21)23-12-15(20)18-10-9-14-7-5-4-6-8-14/h4-8,13H,3,9-12H2,1-2H3,(H,18,20)(H,19,22)/t13-/m0/s1. The Labute approximate surface area is 141 Å². The number of hydrogen-bond acceptors (Lipinski definition) is 4. The second-order valence-corrected chi connectivity index (χ2v) is 6.31. The van der Waals surface area contributed by atoms with Gasteiger partial charge in [0.15, 0.2) is 0 Å². The van der Waals surface area contributed by atoms with Crippen molar-refractivity contribution in [2.75, 3.05) is 18.8 Å². The highest BCUT2D eigenvalue weighted by atomic mass is 32.2. The molecule has 1 aromatic rings. The molecule has 2 amide bonds. The van der Waals surface area contributed by atoms with Gasteiger partial charge >= 0.3 is 0 Å². The zero-order valence-corrected chi connectivity index (χ0v) is 14.4. The molecule has 6 heteroatoms. The molecule has 1 aromatic carbocycles. The predicted molar refractivity (Wildman–Crippen MR) is 93.1 cm³/mol. The van der Waals surface area contributed by atoms with Gasteiger partial charge in [-0.25, -0.2) is 0 Å². The lowest BCUT2D eigenvalue weighted by Crippen LogP contribution is -2.33. The molecule has 0 aliphatic heterocycles. The van der Waals surface area contributed by atoms with Gasteiger partial charge in [0, 0.05) is 12.5 Å². The summed E-state index contributed by atoms with van der Waals surface area (Å²) in [6.07, 6.45) is 1.49.